The number of hydrogen-bond donors (Lipinski definition) is 0. The molecule has 0 amide bonds. The maximum atomic E-state index is 15.5. The summed E-state index contributed by atoms with van der Waals surface area (Å²) in [7, 11) is 0. The second-order valence-corrected chi connectivity index (χ2v) is 26.6. The van der Waals surface area contributed by atoms with E-state index in [4.69, 9.17) is 21.5 Å². The van der Waals surface area contributed by atoms with Crippen molar-refractivity contribution in [3.05, 3.63) is 172 Å². The number of allylic oxidation sites excluding steroid dienone is 4. The van der Waals surface area contributed by atoms with E-state index in [0.717, 1.165) is 148 Å². The van der Waals surface area contributed by atoms with Crippen molar-refractivity contribution in [3.8, 4) is 6.07 Å². The minimum absolute atomic E-state index is 0. The fourth-order valence-corrected chi connectivity index (χ4v) is 16.2. The molecule has 1 radical (unpaired) electrons. The molecule has 4 fully saturated rings. The van der Waals surface area contributed by atoms with Gasteiger partial charge in [0.1, 0.15) is 16.2 Å². The zero-order valence-electron chi connectivity index (χ0n) is 47.6. The van der Waals surface area contributed by atoms with Crippen molar-refractivity contribution in [1.82, 2.24) is 29.9 Å². The van der Waals surface area contributed by atoms with E-state index in [1.807, 2.05) is 36.4 Å². The summed E-state index contributed by atoms with van der Waals surface area (Å²) in [6, 6.07) is 18.6. The van der Waals surface area contributed by atoms with E-state index in [-0.39, 0.29) is 74.5 Å². The van der Waals surface area contributed by atoms with Crippen LogP contribution in [0, 0.1) is 29.7 Å². The first-order chi connectivity index (χ1) is 41.8. The Morgan fingerprint density at radius 3 is 1.47 bits per heavy atom. The Balaban J connectivity index is 0.000000190. The molecule has 0 spiro atoms. The Hall–Kier alpha value is -6.07. The Morgan fingerprint density at radius 2 is 0.977 bits per heavy atom. The van der Waals surface area contributed by atoms with E-state index in [2.05, 4.69) is 35.8 Å². The van der Waals surface area contributed by atoms with Crippen LogP contribution in [0.15, 0.2) is 178 Å². The van der Waals surface area contributed by atoms with Crippen LogP contribution >= 0.6 is 47.0 Å². The molecule has 6 aliphatic rings. The molecule has 6 aromatic heterocycles. The van der Waals surface area contributed by atoms with Gasteiger partial charge in [-0.2, -0.15) is 31.6 Å². The van der Waals surface area contributed by atoms with Crippen molar-refractivity contribution in [2.75, 3.05) is 0 Å². The number of thioether (sulfide) groups is 2. The van der Waals surface area contributed by atoms with Gasteiger partial charge >= 0.3 is 29.1 Å². The quantitative estimate of drug-likeness (QED) is 0.0857. The summed E-state index contributed by atoms with van der Waals surface area (Å²) >= 11 is 5.13. The predicted octanol–water partition coefficient (Wildman–Crippen LogP) is 19.7. The third-order valence-corrected chi connectivity index (χ3v) is 20.6. The number of rotatable bonds is 12. The fourth-order valence-electron chi connectivity index (χ4n) is 12.8. The van der Waals surface area contributed by atoms with Crippen LogP contribution in [0.2, 0.25) is 0 Å². The van der Waals surface area contributed by atoms with Crippen molar-refractivity contribution >= 4 is 74.0 Å². The molecular weight excluding hydrogens is 1230 g/mol. The number of halogens is 6. The smallest absolute Gasteiger partial charge is 0.662 e. The van der Waals surface area contributed by atoms with Crippen LogP contribution in [0.4, 0.5) is 32.0 Å². The van der Waals surface area contributed by atoms with Crippen LogP contribution in [-0.4, -0.2) is 42.4 Å². The monoisotopic (exact) mass is 1300 g/mol. The normalized spacial score (nSPS) is 19.5. The van der Waals surface area contributed by atoms with Crippen LogP contribution in [0.1, 0.15) is 163 Å². The van der Waals surface area contributed by atoms with E-state index >= 15 is 26.3 Å². The molecule has 0 N–H and O–H groups in total. The molecule has 0 aromatic carbocycles. The average molecular weight is 1300 g/mol. The van der Waals surface area contributed by atoms with Crippen molar-refractivity contribution in [2.45, 2.75) is 182 Å². The molecule has 21 heteroatoms. The van der Waals surface area contributed by atoms with Gasteiger partial charge in [-0.1, -0.05) is 128 Å². The van der Waals surface area contributed by atoms with Crippen molar-refractivity contribution < 1.29 is 43.1 Å². The van der Waals surface area contributed by atoms with Gasteiger partial charge in [-0.3, -0.25) is 19.9 Å². The number of nitrogens with zero attached hydrogens (tertiary/aromatic N) is 10. The van der Waals surface area contributed by atoms with Gasteiger partial charge in [0.05, 0.1) is 34.7 Å². The molecule has 451 valence electrons. The molecule has 0 atom stereocenters. The van der Waals surface area contributed by atoms with E-state index < -0.39 is 23.5 Å². The van der Waals surface area contributed by atoms with Crippen molar-refractivity contribution in [3.63, 3.8) is 0 Å². The minimum Gasteiger partial charge on any atom is -0.662 e. The molecule has 0 unspecified atom stereocenters. The second-order valence-electron chi connectivity index (χ2n) is 22.3. The van der Waals surface area contributed by atoms with Gasteiger partial charge in [-0.15, -0.1) is 34.9 Å². The Bertz CT molecular complexity index is 3630. The summed E-state index contributed by atoms with van der Waals surface area (Å²) in [5, 5.41) is 12.1. The molecule has 0 saturated heterocycles. The van der Waals surface area contributed by atoms with Gasteiger partial charge < -0.3 is 9.97 Å². The minimum atomic E-state index is -4.72. The van der Waals surface area contributed by atoms with E-state index in [0.29, 0.717) is 42.4 Å². The third-order valence-electron chi connectivity index (χ3n) is 16.8. The largest absolute Gasteiger partial charge is 2.00 e. The summed E-state index contributed by atoms with van der Waals surface area (Å²) < 4.78 is 92.8. The Kier molecular flexibility index (Phi) is 21.7. The molecule has 6 aromatic rings. The summed E-state index contributed by atoms with van der Waals surface area (Å²) in [4.78, 5) is 42.1. The molecular formula is C66H62CoF6N10S4. The number of hydrogen-bond acceptors (Lipinski definition) is 11. The maximum Gasteiger partial charge on any atom is 2.00 e. The van der Waals surface area contributed by atoms with E-state index in [1.165, 1.54) is 47.0 Å². The van der Waals surface area contributed by atoms with Gasteiger partial charge in [0.25, 0.3) is 0 Å². The number of aromatic nitrogens is 6. The Labute approximate surface area is 531 Å². The van der Waals surface area contributed by atoms with Crippen LogP contribution in [0.3, 0.4) is 0 Å². The molecule has 2 aliphatic heterocycles. The van der Waals surface area contributed by atoms with Gasteiger partial charge in [-0.25, -0.2) is 14.8 Å². The van der Waals surface area contributed by atoms with Crippen LogP contribution < -0.4 is 9.97 Å². The molecule has 8 heterocycles. The first-order valence-electron chi connectivity index (χ1n) is 29.6. The van der Waals surface area contributed by atoms with Gasteiger partial charge in [-0.05, 0) is 135 Å². The third kappa shape index (κ3) is 15.3. The molecule has 4 aliphatic carbocycles. The van der Waals surface area contributed by atoms with Crippen molar-refractivity contribution in [2.24, 2.45) is 21.8 Å². The summed E-state index contributed by atoms with van der Waals surface area (Å²) in [5.74, 6) is -0.314. The van der Waals surface area contributed by atoms with E-state index in [1.54, 1.807) is 73.8 Å². The fraction of sp³-hybridized carbons (Fsp3) is 0.394. The second kappa shape index (κ2) is 29.5. The predicted molar refractivity (Wildman–Crippen MR) is 329 cm³/mol. The SMILES string of the molecule is N#CC1=C(C2CCCCC2)/C(=C(/c2[n-]c(Sc3ccncc3)cc2C2CCCCC2)C(F)(F)F)N=C1Sc1ccncc1.[C-]#[N+]c1c(Sc2ccncc2)[n-]c(/C(=C2\N=C(Sc3ccncc3)C=C2C2CCCCC2)C(F)(F)F)c1C1CCCCC1.[Co+2]. The zero-order valence-corrected chi connectivity index (χ0v) is 51.9. The van der Waals surface area contributed by atoms with Crippen LogP contribution in [-0.2, 0) is 16.8 Å². The molecule has 0 bridgehead atoms. The number of pyridine rings is 4. The molecule has 4 saturated carbocycles. The summed E-state index contributed by atoms with van der Waals surface area (Å²) in [6.45, 7) is 8.10. The molecule has 87 heavy (non-hydrogen) atoms. The van der Waals surface area contributed by atoms with Crippen molar-refractivity contribution in [1.29, 1.82) is 5.26 Å². The average Bonchev–Trinajstić information content (AvgIpc) is 1.68. The van der Waals surface area contributed by atoms with Gasteiger partial charge in [0.15, 0.2) is 5.69 Å². The van der Waals surface area contributed by atoms with Crippen LogP contribution in [0.25, 0.3) is 16.0 Å². The summed E-state index contributed by atoms with van der Waals surface area (Å²) in [6.07, 6.45) is 23.8. The van der Waals surface area contributed by atoms with E-state index in [9.17, 15) is 5.26 Å². The topological polar surface area (TPSA) is 133 Å². The Morgan fingerprint density at radius 1 is 0.529 bits per heavy atom. The first kappa shape index (κ1) is 63.9. The molecule has 12 rings (SSSR count). The number of aliphatic imine (C=N–C) groups is 2. The zero-order chi connectivity index (χ0) is 59.6. The van der Waals surface area contributed by atoms with Crippen LogP contribution in [0.5, 0.6) is 0 Å². The maximum absolute atomic E-state index is 15.5. The number of nitriles is 1. The summed E-state index contributed by atoms with van der Waals surface area (Å²) in [5.41, 5.74) is 0.752. The standard InChI is InChI=1S/2C33H31F3N5S2.Co/c1-37-31-27(22-10-6-3-7-11-22)30(41-32(31)43-24-14-18-39-19-15-24)28(33(34,35)36)29-25(21-8-4-2-5-9-21)20-26(40-29)42-23-12-16-38-17-13-23;34-33(35,36)29(30-25(21-7-3-1-4-8-21)19-27(40-30)42-23-11-15-38-16-12-23)31-28(22-9-5-2-6-10-22)26(20-37)32(41-31)43-24-13-17-39-18-14-24;/h12-22H,2-11H2;11-19,21-22H,1-10H2;/q2*-1;+2/b29-28+;31-29+;. The van der Waals surface area contributed by atoms with Gasteiger partial charge in [0.2, 0.25) is 0 Å². The number of alkyl halides is 6. The van der Waals surface area contributed by atoms with Gasteiger partial charge in [0, 0.05) is 74.7 Å². The first-order valence-corrected chi connectivity index (χ1v) is 32.9. The molecule has 10 nitrogen and oxygen atoms in total.